The highest BCUT2D eigenvalue weighted by atomic mass is 79.9. The number of carbonyl (C=O) groups is 1. The normalized spacial score (nSPS) is 25.1. The number of halogens is 1. The van der Waals surface area contributed by atoms with Gasteiger partial charge in [0.25, 0.3) is 0 Å². The molecule has 54 heavy (non-hydrogen) atoms. The number of aliphatic hydroxyl groups is 2. The van der Waals surface area contributed by atoms with E-state index in [0.29, 0.717) is 69.9 Å². The van der Waals surface area contributed by atoms with E-state index in [1.165, 1.54) is 44.8 Å². The van der Waals surface area contributed by atoms with E-state index < -0.39 is 11.7 Å². The molecular formula is C43H60BrN3O7. The molecule has 4 aliphatic rings. The molecule has 3 aliphatic heterocycles. The molecule has 3 saturated heterocycles. The summed E-state index contributed by atoms with van der Waals surface area (Å²) in [7, 11) is 0. The Morgan fingerprint density at radius 2 is 1.65 bits per heavy atom. The van der Waals surface area contributed by atoms with Crippen molar-refractivity contribution in [3.8, 4) is 5.75 Å². The van der Waals surface area contributed by atoms with Gasteiger partial charge in [0, 0.05) is 31.8 Å². The van der Waals surface area contributed by atoms with E-state index in [1.54, 1.807) is 12.1 Å². The highest BCUT2D eigenvalue weighted by molar-refractivity contribution is 5.75. The zero-order valence-electron chi connectivity index (χ0n) is 31.7. The Morgan fingerprint density at radius 3 is 2.31 bits per heavy atom. The zero-order chi connectivity index (χ0) is 37.1. The molecule has 3 aromatic carbocycles. The maximum Gasteiger partial charge on any atom is 0.211 e. The van der Waals surface area contributed by atoms with Crippen LogP contribution in [0.15, 0.2) is 72.8 Å². The van der Waals surface area contributed by atoms with Gasteiger partial charge in [-0.25, -0.2) is 0 Å². The fraction of sp³-hybridized carbons (Fsp3) is 0.558. The minimum Gasteiger partial charge on any atom is -1.00 e. The standard InChI is InChI=1S/C43H59N3O7.BrH/c1-2-32-12-14-38(24-32)43(50,37-6-4-3-5-7-37)30-53-42-27-46(19-16-35(42)17-20-46)21-23-52-29-34-10-8-33(9-11-34)28-51-22-18-44-26-41(49)36-13-15-40(48)39(25-36)45-31-47;/h3-11,13,15,25,31-32,35,38,41-42,44,49-50H,2,12,14,16-24,26-30H2,1H3,(H-,45,47,48);1H/t32?,35?,38?,41-,42-,43+,46?;/m0./s1. The molecule has 1 saturated carbocycles. The van der Waals surface area contributed by atoms with E-state index in [0.717, 1.165) is 47.1 Å². The van der Waals surface area contributed by atoms with Crippen LogP contribution in [0.4, 0.5) is 5.69 Å². The number of nitrogens with one attached hydrogen (secondary N) is 2. The number of ether oxygens (including phenoxy) is 3. The first-order chi connectivity index (χ1) is 25.8. The monoisotopic (exact) mass is 809 g/mol. The first-order valence-corrected chi connectivity index (χ1v) is 19.7. The van der Waals surface area contributed by atoms with Crippen molar-refractivity contribution in [2.24, 2.45) is 17.8 Å². The van der Waals surface area contributed by atoms with Gasteiger partial charge in [0.05, 0.1) is 57.9 Å². The number of piperidine rings is 3. The highest BCUT2D eigenvalue weighted by Gasteiger charge is 2.48. The minimum atomic E-state index is -0.936. The van der Waals surface area contributed by atoms with Crippen LogP contribution in [0.3, 0.4) is 0 Å². The topological polar surface area (TPSA) is 130 Å². The lowest BCUT2D eigenvalue weighted by atomic mass is 9.79. The van der Waals surface area contributed by atoms with Gasteiger partial charge in [-0.05, 0) is 59.1 Å². The Bertz CT molecular complexity index is 1570. The summed E-state index contributed by atoms with van der Waals surface area (Å²) in [5.74, 6) is 1.47. The van der Waals surface area contributed by atoms with Gasteiger partial charge in [-0.1, -0.05) is 80.4 Å². The fourth-order valence-electron chi connectivity index (χ4n) is 8.81. The summed E-state index contributed by atoms with van der Waals surface area (Å²) in [5, 5.41) is 38.1. The van der Waals surface area contributed by atoms with Crippen molar-refractivity contribution >= 4 is 12.1 Å². The molecule has 2 unspecified atom stereocenters. The lowest BCUT2D eigenvalue weighted by Crippen LogP contribution is -3.00. The first-order valence-electron chi connectivity index (χ1n) is 19.7. The number of anilines is 1. The molecule has 5 N–H and O–H groups in total. The van der Waals surface area contributed by atoms with Crippen LogP contribution in [0.25, 0.3) is 0 Å². The maximum absolute atomic E-state index is 12.2. The van der Waals surface area contributed by atoms with Crippen molar-refractivity contribution in [3.05, 3.63) is 95.1 Å². The number of quaternary nitrogens is 1. The van der Waals surface area contributed by atoms with Crippen molar-refractivity contribution in [2.75, 3.05) is 64.4 Å². The minimum absolute atomic E-state index is 0. The molecule has 3 heterocycles. The number of rotatable bonds is 21. The van der Waals surface area contributed by atoms with Crippen LogP contribution in [-0.2, 0) is 37.8 Å². The third-order valence-corrected chi connectivity index (χ3v) is 12.3. The number of aromatic hydroxyl groups is 1. The van der Waals surface area contributed by atoms with Gasteiger partial charge >= 0.3 is 0 Å². The quantitative estimate of drug-likeness (QED) is 0.0482. The second-order valence-corrected chi connectivity index (χ2v) is 15.6. The second-order valence-electron chi connectivity index (χ2n) is 15.6. The van der Waals surface area contributed by atoms with Crippen molar-refractivity contribution in [1.82, 2.24) is 5.32 Å². The molecule has 0 radical (unpaired) electrons. The molecule has 1 aliphatic carbocycles. The number of carbonyl (C=O) groups excluding carboxylic acids is 1. The summed E-state index contributed by atoms with van der Waals surface area (Å²) in [6, 6.07) is 23.2. The van der Waals surface area contributed by atoms with Crippen LogP contribution in [0.5, 0.6) is 5.75 Å². The molecule has 11 heteroatoms. The number of hydrogen-bond acceptors (Lipinski definition) is 8. The molecule has 7 rings (SSSR count). The summed E-state index contributed by atoms with van der Waals surface area (Å²) < 4.78 is 19.9. The van der Waals surface area contributed by atoms with E-state index in [9.17, 15) is 20.1 Å². The molecule has 296 valence electrons. The molecule has 1 amide bonds. The number of aliphatic hydroxyl groups excluding tert-OH is 1. The van der Waals surface area contributed by atoms with Gasteiger partial charge in [0.15, 0.2) is 0 Å². The van der Waals surface area contributed by atoms with Gasteiger partial charge in [0.2, 0.25) is 6.41 Å². The van der Waals surface area contributed by atoms with Gasteiger partial charge < -0.3 is 61.6 Å². The number of fused-ring (bicyclic) bond motifs is 3. The lowest BCUT2D eigenvalue weighted by Gasteiger charge is -2.52. The van der Waals surface area contributed by atoms with Crippen molar-refractivity contribution in [1.29, 1.82) is 0 Å². The number of hydrogen-bond donors (Lipinski definition) is 5. The van der Waals surface area contributed by atoms with E-state index in [-0.39, 0.29) is 40.4 Å². The fourth-order valence-corrected chi connectivity index (χ4v) is 8.81. The Morgan fingerprint density at radius 1 is 0.944 bits per heavy atom. The number of phenols is 1. The third-order valence-electron chi connectivity index (χ3n) is 12.3. The van der Waals surface area contributed by atoms with Crippen LogP contribution < -0.4 is 27.6 Å². The smallest absolute Gasteiger partial charge is 0.211 e. The predicted molar refractivity (Wildman–Crippen MR) is 205 cm³/mol. The van der Waals surface area contributed by atoms with E-state index in [1.807, 2.05) is 18.2 Å². The maximum atomic E-state index is 12.2. The number of phenolic OH excluding ortho intramolecular Hbond substituents is 1. The van der Waals surface area contributed by atoms with Gasteiger partial charge in [0.1, 0.15) is 30.5 Å². The summed E-state index contributed by atoms with van der Waals surface area (Å²) >= 11 is 0. The van der Waals surface area contributed by atoms with Crippen LogP contribution in [0, 0.1) is 17.8 Å². The molecule has 2 bridgehead atoms. The van der Waals surface area contributed by atoms with Crippen molar-refractivity contribution < 1.29 is 55.8 Å². The summed E-state index contributed by atoms with van der Waals surface area (Å²) in [5.41, 5.74) is 3.15. The average molecular weight is 811 g/mol. The highest BCUT2D eigenvalue weighted by Crippen LogP contribution is 2.45. The second kappa shape index (κ2) is 20.3. The van der Waals surface area contributed by atoms with E-state index >= 15 is 0 Å². The Hall–Kier alpha value is -2.87. The van der Waals surface area contributed by atoms with Gasteiger partial charge in [-0.2, -0.15) is 0 Å². The third kappa shape index (κ3) is 10.9. The molecular weight excluding hydrogens is 750 g/mol. The summed E-state index contributed by atoms with van der Waals surface area (Å²) in [4.78, 5) is 10.7. The first kappa shape index (κ1) is 42.3. The zero-order valence-corrected chi connectivity index (χ0v) is 33.3. The van der Waals surface area contributed by atoms with E-state index in [2.05, 4.69) is 54.0 Å². The van der Waals surface area contributed by atoms with Gasteiger partial charge in [-0.3, -0.25) is 4.79 Å². The van der Waals surface area contributed by atoms with Crippen LogP contribution >= 0.6 is 0 Å². The molecule has 0 aromatic heterocycles. The van der Waals surface area contributed by atoms with Gasteiger partial charge in [-0.15, -0.1) is 0 Å². The Kier molecular flexibility index (Phi) is 15.9. The molecule has 10 nitrogen and oxygen atoms in total. The molecule has 0 spiro atoms. The SMILES string of the molecule is CCC1CCC([C@@](O)(CO[C@H]2C[N+]3(CCOCc4ccc(COCCNC[C@H](O)c5ccc(O)c(NC=O)c5)cc4)CCC2CC3)c2ccccc2)C1.[Br-]. The molecule has 3 aromatic rings. The van der Waals surface area contributed by atoms with E-state index in [4.69, 9.17) is 14.2 Å². The Labute approximate surface area is 331 Å². The number of benzene rings is 3. The Balaban J connectivity index is 0.00000561. The molecule has 5 atom stereocenters. The van der Waals surface area contributed by atoms with Crippen LogP contribution in [0.1, 0.15) is 73.8 Å². The average Bonchev–Trinajstić information content (AvgIpc) is 3.69. The summed E-state index contributed by atoms with van der Waals surface area (Å²) in [6.07, 6.45) is 6.76. The largest absolute Gasteiger partial charge is 1.00 e. The van der Waals surface area contributed by atoms with Crippen molar-refractivity contribution in [3.63, 3.8) is 0 Å². The van der Waals surface area contributed by atoms with Crippen LogP contribution in [0.2, 0.25) is 0 Å². The van der Waals surface area contributed by atoms with Crippen LogP contribution in [-0.4, -0.2) is 91.4 Å². The molecule has 4 fully saturated rings. The number of amides is 1. The van der Waals surface area contributed by atoms with Crippen molar-refractivity contribution in [2.45, 2.75) is 76.5 Å². The lowest BCUT2D eigenvalue weighted by molar-refractivity contribution is -0.946. The number of nitrogens with zero attached hydrogens (tertiary/aromatic N) is 1. The predicted octanol–water partition coefficient (Wildman–Crippen LogP) is 2.66. The summed E-state index contributed by atoms with van der Waals surface area (Å²) in [6.45, 7) is 10.2.